The van der Waals surface area contributed by atoms with Gasteiger partial charge >= 0.3 is 24.4 Å². The summed E-state index contributed by atoms with van der Waals surface area (Å²) < 4.78 is 97.9. The summed E-state index contributed by atoms with van der Waals surface area (Å²) >= 11 is 0. The van der Waals surface area contributed by atoms with Gasteiger partial charge in [-0.2, -0.15) is 26.3 Å². The van der Waals surface area contributed by atoms with E-state index in [-0.39, 0.29) is 37.0 Å². The number of aromatic nitrogens is 2. The zero-order chi connectivity index (χ0) is 34.5. The number of rotatable bonds is 9. The van der Waals surface area contributed by atoms with E-state index in [1.165, 1.54) is 18.9 Å². The van der Waals surface area contributed by atoms with Gasteiger partial charge in [-0.25, -0.2) is 14.8 Å². The lowest BCUT2D eigenvalue weighted by molar-refractivity contribution is -0.145. The van der Waals surface area contributed by atoms with Crippen LogP contribution in [0.5, 0.6) is 5.75 Å². The van der Waals surface area contributed by atoms with Crippen LogP contribution in [0.4, 0.5) is 37.1 Å². The molecule has 256 valence electrons. The van der Waals surface area contributed by atoms with E-state index in [1.54, 1.807) is 19.2 Å². The fourth-order valence-corrected chi connectivity index (χ4v) is 6.12. The molecule has 4 atom stereocenters. The van der Waals surface area contributed by atoms with Crippen molar-refractivity contribution in [3.05, 3.63) is 70.5 Å². The summed E-state index contributed by atoms with van der Waals surface area (Å²) in [4.78, 5) is 38.0. The van der Waals surface area contributed by atoms with E-state index in [9.17, 15) is 35.9 Å². The second-order valence-electron chi connectivity index (χ2n) is 12.0. The predicted molar refractivity (Wildman–Crippen MR) is 159 cm³/mol. The monoisotopic (exact) mass is 678 g/mol. The lowest BCUT2D eigenvalue weighted by Crippen LogP contribution is -2.39. The number of nitrogens with zero attached hydrogens (tertiary/aromatic N) is 4. The molecule has 1 unspecified atom stereocenters. The summed E-state index contributed by atoms with van der Waals surface area (Å²) in [6, 6.07) is 5.69. The number of esters is 1. The number of amides is 1. The number of benzene rings is 2. The SMILES string of the molecule is CCOC(=O)[C@@H]1CC1c1ccc(OC)c(-c2cnc(N3CCC3)nc2CN2C(=O)O[C@H](c3cc(C(F)(F)F)cc(C(F)(F)F)c3)[C@@H]2C)c1. The van der Waals surface area contributed by atoms with Crippen LogP contribution in [-0.4, -0.2) is 59.8 Å². The summed E-state index contributed by atoms with van der Waals surface area (Å²) in [6.07, 6.45) is -9.32. The Morgan fingerprint density at radius 1 is 1.00 bits per heavy atom. The van der Waals surface area contributed by atoms with Gasteiger partial charge in [-0.15, -0.1) is 0 Å². The topological polar surface area (TPSA) is 94.1 Å². The smallest absolute Gasteiger partial charge is 0.416 e. The maximum atomic E-state index is 13.6. The molecule has 0 bridgehead atoms. The van der Waals surface area contributed by atoms with Gasteiger partial charge < -0.3 is 19.1 Å². The first-order valence-corrected chi connectivity index (χ1v) is 15.4. The lowest BCUT2D eigenvalue weighted by Gasteiger charge is -2.31. The average Bonchev–Trinajstić information content (AvgIpc) is 3.76. The van der Waals surface area contributed by atoms with Gasteiger partial charge in [0.25, 0.3) is 0 Å². The van der Waals surface area contributed by atoms with Gasteiger partial charge in [0, 0.05) is 30.4 Å². The second-order valence-corrected chi connectivity index (χ2v) is 12.0. The minimum Gasteiger partial charge on any atom is -0.496 e. The normalized spacial score (nSPS) is 22.3. The lowest BCUT2D eigenvalue weighted by atomic mass is 9.96. The van der Waals surface area contributed by atoms with Crippen molar-refractivity contribution in [1.82, 2.24) is 14.9 Å². The molecule has 3 aromatic rings. The standard InChI is InChI=1S/C33H32F6N4O5/c1-4-47-29(44)24-14-22(24)18-6-7-27(46-3)23(12-18)25-15-40-30(42-8-5-9-42)41-26(25)16-43-17(2)28(48-31(43)45)19-10-20(32(34,35)36)13-21(11-19)33(37,38)39/h6-7,10-13,15,17,22,24,28H,4-5,8-9,14,16H2,1-3H3/t17-,22?,24+,28-/m0/s1. The molecule has 9 nitrogen and oxygen atoms in total. The highest BCUT2D eigenvalue weighted by Gasteiger charge is 2.46. The van der Waals surface area contributed by atoms with Crippen molar-refractivity contribution in [2.24, 2.45) is 5.92 Å². The Hall–Kier alpha value is -4.56. The first-order valence-electron chi connectivity index (χ1n) is 15.4. The Balaban J connectivity index is 1.36. The highest BCUT2D eigenvalue weighted by atomic mass is 19.4. The summed E-state index contributed by atoms with van der Waals surface area (Å²) in [7, 11) is 1.49. The first kappa shape index (κ1) is 33.3. The molecule has 1 saturated carbocycles. The minimum atomic E-state index is -5.06. The van der Waals surface area contributed by atoms with Crippen molar-refractivity contribution < 1.29 is 50.1 Å². The summed E-state index contributed by atoms with van der Waals surface area (Å²) in [5.74, 6) is 0.252. The van der Waals surface area contributed by atoms with Gasteiger partial charge in [-0.05, 0) is 74.1 Å². The molecule has 3 fully saturated rings. The van der Waals surface area contributed by atoms with E-state index in [2.05, 4.69) is 4.98 Å². The third kappa shape index (κ3) is 6.46. The highest BCUT2D eigenvalue weighted by molar-refractivity contribution is 5.79. The summed E-state index contributed by atoms with van der Waals surface area (Å²) in [5.41, 5.74) is -1.13. The molecular formula is C33H32F6N4O5. The van der Waals surface area contributed by atoms with Crippen molar-refractivity contribution in [3.8, 4) is 16.9 Å². The quantitative estimate of drug-likeness (QED) is 0.174. The number of anilines is 1. The van der Waals surface area contributed by atoms with Gasteiger partial charge in [-0.3, -0.25) is 9.69 Å². The fraction of sp³-hybridized carbons (Fsp3) is 0.455. The molecule has 3 aliphatic rings. The number of methoxy groups -OCH3 is 1. The van der Waals surface area contributed by atoms with E-state index in [0.29, 0.717) is 47.1 Å². The number of hydrogen-bond acceptors (Lipinski definition) is 8. The molecule has 2 saturated heterocycles. The summed E-state index contributed by atoms with van der Waals surface area (Å²) in [5, 5.41) is 0. The maximum absolute atomic E-state index is 13.6. The van der Waals surface area contributed by atoms with Gasteiger partial charge in [0.05, 0.1) is 49.0 Å². The molecule has 1 amide bonds. The predicted octanol–water partition coefficient (Wildman–Crippen LogP) is 7.15. The molecular weight excluding hydrogens is 646 g/mol. The van der Waals surface area contributed by atoms with Crippen LogP contribution < -0.4 is 9.64 Å². The molecule has 1 aromatic heterocycles. The van der Waals surface area contributed by atoms with Gasteiger partial charge in [0.1, 0.15) is 11.9 Å². The van der Waals surface area contributed by atoms with Gasteiger partial charge in [0.15, 0.2) is 0 Å². The number of carbonyl (C=O) groups is 2. The van der Waals surface area contributed by atoms with Crippen LogP contribution >= 0.6 is 0 Å². The van der Waals surface area contributed by atoms with Gasteiger partial charge in [0.2, 0.25) is 5.95 Å². The molecule has 2 aromatic carbocycles. The second kappa shape index (κ2) is 12.5. The van der Waals surface area contributed by atoms with Crippen molar-refractivity contribution in [3.63, 3.8) is 0 Å². The van der Waals surface area contributed by atoms with Crippen LogP contribution in [0.3, 0.4) is 0 Å². The summed E-state index contributed by atoms with van der Waals surface area (Å²) in [6.45, 7) is 4.75. The van der Waals surface area contributed by atoms with E-state index < -0.39 is 47.3 Å². The molecule has 3 heterocycles. The number of hydrogen-bond donors (Lipinski definition) is 0. The molecule has 15 heteroatoms. The molecule has 2 aliphatic heterocycles. The molecule has 1 aliphatic carbocycles. The van der Waals surface area contributed by atoms with Crippen molar-refractivity contribution >= 4 is 18.0 Å². The third-order valence-corrected chi connectivity index (χ3v) is 8.97. The first-order chi connectivity index (χ1) is 22.7. The number of alkyl halides is 6. The average molecular weight is 679 g/mol. The van der Waals surface area contributed by atoms with Crippen LogP contribution in [0.2, 0.25) is 0 Å². The van der Waals surface area contributed by atoms with Crippen LogP contribution in [-0.2, 0) is 33.2 Å². The zero-order valence-corrected chi connectivity index (χ0v) is 26.2. The fourth-order valence-electron chi connectivity index (χ4n) is 6.12. The van der Waals surface area contributed by atoms with E-state index in [1.807, 2.05) is 17.0 Å². The largest absolute Gasteiger partial charge is 0.496 e. The van der Waals surface area contributed by atoms with Crippen molar-refractivity contribution in [2.45, 2.75) is 63.7 Å². The van der Waals surface area contributed by atoms with Crippen LogP contribution in [0.1, 0.15) is 66.7 Å². The van der Waals surface area contributed by atoms with E-state index in [4.69, 9.17) is 19.2 Å². The number of carbonyl (C=O) groups excluding carboxylic acids is 2. The van der Waals surface area contributed by atoms with Crippen LogP contribution in [0.25, 0.3) is 11.1 Å². The van der Waals surface area contributed by atoms with Crippen LogP contribution in [0.15, 0.2) is 42.6 Å². The molecule has 6 rings (SSSR count). The highest BCUT2D eigenvalue weighted by Crippen LogP contribution is 2.50. The zero-order valence-electron chi connectivity index (χ0n) is 26.2. The third-order valence-electron chi connectivity index (χ3n) is 8.97. The van der Waals surface area contributed by atoms with Crippen molar-refractivity contribution in [2.75, 3.05) is 31.7 Å². The van der Waals surface area contributed by atoms with Crippen LogP contribution in [0, 0.1) is 5.92 Å². The minimum absolute atomic E-state index is 0.0330. The van der Waals surface area contributed by atoms with Crippen molar-refractivity contribution in [1.29, 1.82) is 0 Å². The number of ether oxygens (including phenoxy) is 3. The van der Waals surface area contributed by atoms with E-state index in [0.717, 1.165) is 25.1 Å². The Morgan fingerprint density at radius 2 is 1.69 bits per heavy atom. The van der Waals surface area contributed by atoms with E-state index >= 15 is 0 Å². The molecule has 0 radical (unpaired) electrons. The van der Waals surface area contributed by atoms with Gasteiger partial charge in [-0.1, -0.05) is 6.07 Å². The molecule has 0 spiro atoms. The molecule has 0 N–H and O–H groups in total. The Labute approximate surface area is 271 Å². The Bertz CT molecular complexity index is 1700. The number of halogens is 6. The Morgan fingerprint density at radius 3 is 2.27 bits per heavy atom. The number of cyclic esters (lactones) is 1. The maximum Gasteiger partial charge on any atom is 0.416 e. The Kier molecular flexibility index (Phi) is 8.66. The molecule has 48 heavy (non-hydrogen) atoms.